The molecule has 0 atom stereocenters. The van der Waals surface area contributed by atoms with Gasteiger partial charge in [0, 0.05) is 25.1 Å². The van der Waals surface area contributed by atoms with E-state index >= 15 is 0 Å². The van der Waals surface area contributed by atoms with E-state index in [-0.39, 0.29) is 23.9 Å². The van der Waals surface area contributed by atoms with Crippen LogP contribution in [0.4, 0.5) is 8.78 Å². The number of aromatic nitrogens is 2. The second-order valence-corrected chi connectivity index (χ2v) is 7.51. The standard InChI is InChI=1S/C19H22F2N4O2.ClH/c20-13-3-4-14(15(21)11-13)17(26)25-9-5-12(6-10-25)16-23-18(24-27-16)19(22)7-1-2-8-19;/h3-4,11-12H,1-2,5-10,22H2;1H. The van der Waals surface area contributed by atoms with Crippen LogP contribution in [0.5, 0.6) is 0 Å². The summed E-state index contributed by atoms with van der Waals surface area (Å²) in [4.78, 5) is 18.6. The largest absolute Gasteiger partial charge is 0.339 e. The van der Waals surface area contributed by atoms with Gasteiger partial charge in [-0.05, 0) is 37.8 Å². The first-order valence-electron chi connectivity index (χ1n) is 9.33. The molecule has 28 heavy (non-hydrogen) atoms. The van der Waals surface area contributed by atoms with Crippen molar-refractivity contribution in [2.24, 2.45) is 5.73 Å². The fourth-order valence-electron chi connectivity index (χ4n) is 4.00. The molecule has 2 N–H and O–H groups in total. The summed E-state index contributed by atoms with van der Waals surface area (Å²) in [5.74, 6) is -0.783. The Labute approximate surface area is 167 Å². The van der Waals surface area contributed by atoms with Crippen molar-refractivity contribution in [1.82, 2.24) is 15.0 Å². The van der Waals surface area contributed by atoms with Crippen molar-refractivity contribution in [2.45, 2.75) is 50.0 Å². The van der Waals surface area contributed by atoms with Crippen molar-refractivity contribution in [2.75, 3.05) is 13.1 Å². The molecule has 0 unspecified atom stereocenters. The van der Waals surface area contributed by atoms with Crippen molar-refractivity contribution < 1.29 is 18.1 Å². The van der Waals surface area contributed by atoms with Crippen molar-refractivity contribution >= 4 is 18.3 Å². The van der Waals surface area contributed by atoms with E-state index in [0.717, 1.165) is 37.8 Å². The van der Waals surface area contributed by atoms with Gasteiger partial charge in [-0.25, -0.2) is 8.78 Å². The highest BCUT2D eigenvalue weighted by atomic mass is 35.5. The molecule has 1 aliphatic carbocycles. The molecule has 2 aliphatic rings. The Bertz CT molecular complexity index is 846. The molecule has 2 fully saturated rings. The number of piperidine rings is 1. The second kappa shape index (κ2) is 8.13. The minimum Gasteiger partial charge on any atom is -0.339 e. The highest BCUT2D eigenvalue weighted by molar-refractivity contribution is 5.94. The molecule has 1 aliphatic heterocycles. The molecule has 1 amide bonds. The number of nitrogens with two attached hydrogens (primary N) is 1. The summed E-state index contributed by atoms with van der Waals surface area (Å²) in [6, 6.07) is 3.01. The normalized spacial score (nSPS) is 19.5. The average Bonchev–Trinajstić information content (AvgIpc) is 3.32. The topological polar surface area (TPSA) is 85.2 Å². The van der Waals surface area contributed by atoms with Gasteiger partial charge in [0.1, 0.15) is 11.6 Å². The first-order valence-corrected chi connectivity index (χ1v) is 9.33. The van der Waals surface area contributed by atoms with E-state index in [1.807, 2.05) is 0 Å². The Balaban J connectivity index is 0.00000225. The number of likely N-dealkylation sites (tertiary alicyclic amines) is 1. The van der Waals surface area contributed by atoms with Crippen molar-refractivity contribution in [3.8, 4) is 0 Å². The molecule has 9 heteroatoms. The average molecular weight is 413 g/mol. The Morgan fingerprint density at radius 3 is 2.54 bits per heavy atom. The van der Waals surface area contributed by atoms with Gasteiger partial charge in [-0.2, -0.15) is 4.98 Å². The number of carbonyl (C=O) groups is 1. The Hall–Kier alpha value is -2.06. The Morgan fingerprint density at radius 2 is 1.89 bits per heavy atom. The van der Waals surface area contributed by atoms with Crippen LogP contribution in [0.1, 0.15) is 66.5 Å². The number of hydrogen-bond donors (Lipinski definition) is 1. The van der Waals surface area contributed by atoms with Crippen LogP contribution in [0.3, 0.4) is 0 Å². The number of rotatable bonds is 3. The molecule has 2 aromatic rings. The molecular weight excluding hydrogens is 390 g/mol. The van der Waals surface area contributed by atoms with E-state index in [0.29, 0.717) is 37.6 Å². The van der Waals surface area contributed by atoms with Crippen molar-refractivity contribution in [3.63, 3.8) is 0 Å². The number of nitrogens with zero attached hydrogens (tertiary/aromatic N) is 3. The minimum atomic E-state index is -0.839. The number of benzene rings is 1. The summed E-state index contributed by atoms with van der Waals surface area (Å²) in [7, 11) is 0. The van der Waals surface area contributed by atoms with Crippen LogP contribution >= 0.6 is 12.4 Å². The zero-order valence-electron chi connectivity index (χ0n) is 15.4. The van der Waals surface area contributed by atoms with Gasteiger partial charge in [0.2, 0.25) is 5.89 Å². The Kier molecular flexibility index (Phi) is 6.00. The molecule has 1 aromatic heterocycles. The summed E-state index contributed by atoms with van der Waals surface area (Å²) in [5, 5.41) is 4.09. The third-order valence-corrected chi connectivity index (χ3v) is 5.68. The van der Waals surface area contributed by atoms with E-state index in [9.17, 15) is 13.6 Å². The maximum absolute atomic E-state index is 13.9. The van der Waals surface area contributed by atoms with Crippen LogP contribution in [0.2, 0.25) is 0 Å². The van der Waals surface area contributed by atoms with Gasteiger partial charge in [0.05, 0.1) is 11.1 Å². The maximum atomic E-state index is 13.9. The lowest BCUT2D eigenvalue weighted by Crippen LogP contribution is -2.38. The van der Waals surface area contributed by atoms with Crippen LogP contribution in [0.25, 0.3) is 0 Å². The van der Waals surface area contributed by atoms with Gasteiger partial charge in [-0.15, -0.1) is 12.4 Å². The SMILES string of the molecule is Cl.NC1(c2noc(C3CCN(C(=O)c4ccc(F)cc4F)CC3)n2)CCCC1. The molecular formula is C19H23ClF2N4O2. The van der Waals surface area contributed by atoms with Crippen LogP contribution in [-0.2, 0) is 5.54 Å². The lowest BCUT2D eigenvalue weighted by Gasteiger charge is -2.30. The summed E-state index contributed by atoms with van der Waals surface area (Å²) in [6.07, 6.45) is 5.16. The van der Waals surface area contributed by atoms with Crippen molar-refractivity contribution in [1.29, 1.82) is 0 Å². The Morgan fingerprint density at radius 1 is 1.21 bits per heavy atom. The lowest BCUT2D eigenvalue weighted by atomic mass is 9.95. The molecule has 0 bridgehead atoms. The predicted molar refractivity (Wildman–Crippen MR) is 100 cm³/mol. The third-order valence-electron chi connectivity index (χ3n) is 5.68. The fourth-order valence-corrected chi connectivity index (χ4v) is 4.00. The molecule has 4 rings (SSSR count). The second-order valence-electron chi connectivity index (χ2n) is 7.51. The van der Waals surface area contributed by atoms with Gasteiger partial charge in [-0.1, -0.05) is 18.0 Å². The molecule has 152 valence electrons. The highest BCUT2D eigenvalue weighted by Gasteiger charge is 2.37. The number of halogens is 3. The third kappa shape index (κ3) is 3.89. The molecule has 0 spiro atoms. The van der Waals surface area contributed by atoms with E-state index < -0.39 is 23.1 Å². The van der Waals surface area contributed by atoms with Gasteiger partial charge in [0.15, 0.2) is 5.82 Å². The molecule has 1 saturated heterocycles. The molecule has 0 radical (unpaired) electrons. The van der Waals surface area contributed by atoms with Crippen LogP contribution in [-0.4, -0.2) is 34.0 Å². The van der Waals surface area contributed by atoms with E-state index in [2.05, 4.69) is 10.1 Å². The molecule has 1 saturated carbocycles. The van der Waals surface area contributed by atoms with E-state index in [1.54, 1.807) is 4.90 Å². The lowest BCUT2D eigenvalue weighted by molar-refractivity contribution is 0.0699. The van der Waals surface area contributed by atoms with Crippen LogP contribution < -0.4 is 5.73 Å². The summed E-state index contributed by atoms with van der Waals surface area (Å²) < 4.78 is 32.3. The minimum absolute atomic E-state index is 0. The van der Waals surface area contributed by atoms with Gasteiger partial charge >= 0.3 is 0 Å². The van der Waals surface area contributed by atoms with Gasteiger partial charge < -0.3 is 15.2 Å². The molecule has 1 aromatic carbocycles. The predicted octanol–water partition coefficient (Wildman–Crippen LogP) is 3.52. The monoisotopic (exact) mass is 412 g/mol. The maximum Gasteiger partial charge on any atom is 0.256 e. The first kappa shape index (κ1) is 20.7. The van der Waals surface area contributed by atoms with Crippen LogP contribution in [0, 0.1) is 11.6 Å². The number of carbonyl (C=O) groups excluding carboxylic acids is 1. The first-order chi connectivity index (χ1) is 13.0. The van der Waals surface area contributed by atoms with E-state index in [1.165, 1.54) is 6.07 Å². The summed E-state index contributed by atoms with van der Waals surface area (Å²) >= 11 is 0. The zero-order valence-corrected chi connectivity index (χ0v) is 16.2. The number of hydrogen-bond acceptors (Lipinski definition) is 5. The van der Waals surface area contributed by atoms with Gasteiger partial charge in [-0.3, -0.25) is 4.79 Å². The number of amides is 1. The summed E-state index contributed by atoms with van der Waals surface area (Å²) in [6.45, 7) is 0.900. The van der Waals surface area contributed by atoms with Gasteiger partial charge in [0.25, 0.3) is 5.91 Å². The zero-order chi connectivity index (χ0) is 19.0. The molecule has 2 heterocycles. The molecule has 6 nitrogen and oxygen atoms in total. The quantitative estimate of drug-likeness (QED) is 0.833. The van der Waals surface area contributed by atoms with Crippen molar-refractivity contribution in [3.05, 3.63) is 47.1 Å². The highest BCUT2D eigenvalue weighted by Crippen LogP contribution is 2.36. The van der Waals surface area contributed by atoms with E-state index in [4.69, 9.17) is 10.3 Å². The summed E-state index contributed by atoms with van der Waals surface area (Å²) in [5.41, 5.74) is 5.78. The van der Waals surface area contributed by atoms with Crippen LogP contribution in [0.15, 0.2) is 22.7 Å². The fraction of sp³-hybridized carbons (Fsp3) is 0.526. The smallest absolute Gasteiger partial charge is 0.256 e.